The van der Waals surface area contributed by atoms with Gasteiger partial charge < -0.3 is 15.6 Å². The van der Waals surface area contributed by atoms with E-state index in [0.717, 1.165) is 0 Å². The molecule has 0 radical (unpaired) electrons. The zero-order valence-electron chi connectivity index (χ0n) is 10.3. The van der Waals surface area contributed by atoms with Crippen molar-refractivity contribution in [1.29, 1.82) is 0 Å². The minimum atomic E-state index is -3.31. The zero-order chi connectivity index (χ0) is 12.9. The standard InChI is InChI=1S/C10H22N2O4S/c1-12(17(14,15)8-2-5-11)9-10(13)3-6-16-7-4-10/h13H,2-9,11H2,1H3. The SMILES string of the molecule is CN(CC1(O)CCOCC1)S(=O)(=O)CCCN. The Kier molecular flexibility index (Phi) is 5.33. The highest BCUT2D eigenvalue weighted by molar-refractivity contribution is 7.89. The van der Waals surface area contributed by atoms with Crippen molar-refractivity contribution in [2.24, 2.45) is 5.73 Å². The van der Waals surface area contributed by atoms with E-state index in [1.807, 2.05) is 0 Å². The van der Waals surface area contributed by atoms with Gasteiger partial charge in [-0.25, -0.2) is 12.7 Å². The van der Waals surface area contributed by atoms with E-state index in [4.69, 9.17) is 10.5 Å². The first-order chi connectivity index (χ1) is 7.90. The van der Waals surface area contributed by atoms with Crippen molar-refractivity contribution in [3.63, 3.8) is 0 Å². The summed E-state index contributed by atoms with van der Waals surface area (Å²) in [5.41, 5.74) is 4.34. The van der Waals surface area contributed by atoms with Crippen LogP contribution in [-0.4, -0.2) is 62.5 Å². The number of aliphatic hydroxyl groups is 1. The van der Waals surface area contributed by atoms with E-state index in [1.165, 1.54) is 11.4 Å². The molecule has 1 fully saturated rings. The molecule has 0 bridgehead atoms. The Morgan fingerprint density at radius 3 is 2.53 bits per heavy atom. The monoisotopic (exact) mass is 266 g/mol. The number of hydrogen-bond acceptors (Lipinski definition) is 5. The van der Waals surface area contributed by atoms with Gasteiger partial charge in [0.1, 0.15) is 0 Å². The number of hydrogen-bond donors (Lipinski definition) is 2. The molecule has 7 heteroatoms. The van der Waals surface area contributed by atoms with Gasteiger partial charge in [-0.05, 0) is 13.0 Å². The van der Waals surface area contributed by atoms with Gasteiger partial charge in [-0.2, -0.15) is 0 Å². The van der Waals surface area contributed by atoms with E-state index in [2.05, 4.69) is 0 Å². The summed E-state index contributed by atoms with van der Waals surface area (Å²) in [6, 6.07) is 0. The topological polar surface area (TPSA) is 92.9 Å². The Morgan fingerprint density at radius 2 is 2.00 bits per heavy atom. The van der Waals surface area contributed by atoms with E-state index in [-0.39, 0.29) is 12.3 Å². The molecular weight excluding hydrogens is 244 g/mol. The molecule has 0 saturated carbocycles. The lowest BCUT2D eigenvalue weighted by Gasteiger charge is -2.35. The first kappa shape index (κ1) is 14.8. The largest absolute Gasteiger partial charge is 0.388 e. The Labute approximate surface area is 103 Å². The van der Waals surface area contributed by atoms with Crippen molar-refractivity contribution in [1.82, 2.24) is 4.31 Å². The fraction of sp³-hybridized carbons (Fsp3) is 1.00. The Bertz CT molecular complexity index is 325. The number of rotatable bonds is 6. The van der Waals surface area contributed by atoms with Crippen LogP contribution < -0.4 is 5.73 Å². The molecule has 0 spiro atoms. The normalized spacial score (nSPS) is 20.7. The predicted octanol–water partition coefficient (Wildman–Crippen LogP) is -0.862. The van der Waals surface area contributed by atoms with Gasteiger partial charge in [0.25, 0.3) is 0 Å². The van der Waals surface area contributed by atoms with Crippen LogP contribution >= 0.6 is 0 Å². The molecule has 1 aliphatic rings. The van der Waals surface area contributed by atoms with Gasteiger partial charge in [-0.1, -0.05) is 0 Å². The number of sulfonamides is 1. The van der Waals surface area contributed by atoms with E-state index < -0.39 is 15.6 Å². The second kappa shape index (κ2) is 6.10. The highest BCUT2D eigenvalue weighted by Gasteiger charge is 2.34. The van der Waals surface area contributed by atoms with Crippen molar-refractivity contribution >= 4 is 10.0 Å². The summed E-state index contributed by atoms with van der Waals surface area (Å²) < 4.78 is 30.0. The fourth-order valence-corrected chi connectivity index (χ4v) is 3.12. The number of likely N-dealkylation sites (N-methyl/N-ethyl adjacent to an activating group) is 1. The van der Waals surface area contributed by atoms with Gasteiger partial charge in [0.2, 0.25) is 10.0 Å². The van der Waals surface area contributed by atoms with Crippen LogP contribution in [0.3, 0.4) is 0 Å². The molecular formula is C10H22N2O4S. The molecule has 102 valence electrons. The van der Waals surface area contributed by atoms with Crippen molar-refractivity contribution in [3.8, 4) is 0 Å². The molecule has 0 aromatic rings. The maximum absolute atomic E-state index is 11.8. The average molecular weight is 266 g/mol. The lowest BCUT2D eigenvalue weighted by molar-refractivity contribution is -0.0689. The summed E-state index contributed by atoms with van der Waals surface area (Å²) in [6.07, 6.45) is 1.39. The minimum absolute atomic E-state index is 0.0343. The first-order valence-electron chi connectivity index (χ1n) is 5.84. The lowest BCUT2D eigenvalue weighted by Crippen LogP contribution is -2.47. The number of ether oxygens (including phenoxy) is 1. The average Bonchev–Trinajstić information content (AvgIpc) is 2.26. The summed E-state index contributed by atoms with van der Waals surface area (Å²) >= 11 is 0. The van der Waals surface area contributed by atoms with Crippen LogP contribution in [0.25, 0.3) is 0 Å². The molecule has 6 nitrogen and oxygen atoms in total. The summed E-state index contributed by atoms with van der Waals surface area (Å²) in [5, 5.41) is 10.2. The van der Waals surface area contributed by atoms with Gasteiger partial charge >= 0.3 is 0 Å². The molecule has 0 aromatic carbocycles. The van der Waals surface area contributed by atoms with Crippen LogP contribution in [0, 0.1) is 0 Å². The van der Waals surface area contributed by atoms with E-state index >= 15 is 0 Å². The van der Waals surface area contributed by atoms with Crippen LogP contribution in [0.2, 0.25) is 0 Å². The third kappa shape index (κ3) is 4.51. The van der Waals surface area contributed by atoms with Crippen molar-refractivity contribution in [2.75, 3.05) is 39.1 Å². The Morgan fingerprint density at radius 1 is 1.41 bits per heavy atom. The molecule has 17 heavy (non-hydrogen) atoms. The van der Waals surface area contributed by atoms with Gasteiger partial charge in [0.05, 0.1) is 11.4 Å². The third-order valence-corrected chi connectivity index (χ3v) is 4.91. The Hall–Kier alpha value is -0.210. The molecule has 0 unspecified atom stereocenters. The molecule has 1 saturated heterocycles. The van der Waals surface area contributed by atoms with Crippen LogP contribution in [0.5, 0.6) is 0 Å². The smallest absolute Gasteiger partial charge is 0.213 e. The second-order valence-electron chi connectivity index (χ2n) is 4.55. The van der Waals surface area contributed by atoms with Crippen LogP contribution in [0.4, 0.5) is 0 Å². The maximum Gasteiger partial charge on any atom is 0.213 e. The molecule has 0 atom stereocenters. The van der Waals surface area contributed by atoms with Gasteiger partial charge in [-0.15, -0.1) is 0 Å². The van der Waals surface area contributed by atoms with Crippen LogP contribution in [0.15, 0.2) is 0 Å². The zero-order valence-corrected chi connectivity index (χ0v) is 11.1. The molecule has 1 heterocycles. The second-order valence-corrected chi connectivity index (χ2v) is 6.75. The molecule has 0 amide bonds. The predicted molar refractivity (Wildman–Crippen MR) is 65.1 cm³/mol. The van der Waals surface area contributed by atoms with E-state index in [1.54, 1.807) is 0 Å². The molecule has 1 aliphatic heterocycles. The highest BCUT2D eigenvalue weighted by atomic mass is 32.2. The molecule has 0 aromatic heterocycles. The fourth-order valence-electron chi connectivity index (χ4n) is 1.84. The Balaban J connectivity index is 2.55. The lowest BCUT2D eigenvalue weighted by atomic mass is 9.95. The highest BCUT2D eigenvalue weighted by Crippen LogP contribution is 2.22. The summed E-state index contributed by atoms with van der Waals surface area (Å²) in [6.45, 7) is 1.44. The molecule has 3 N–H and O–H groups in total. The van der Waals surface area contributed by atoms with Gasteiger partial charge in [-0.3, -0.25) is 0 Å². The third-order valence-electron chi connectivity index (χ3n) is 3.02. The van der Waals surface area contributed by atoms with Crippen LogP contribution in [0.1, 0.15) is 19.3 Å². The summed E-state index contributed by atoms with van der Waals surface area (Å²) in [5.74, 6) is 0.0343. The van der Waals surface area contributed by atoms with Crippen LogP contribution in [-0.2, 0) is 14.8 Å². The van der Waals surface area contributed by atoms with Crippen molar-refractivity contribution < 1.29 is 18.3 Å². The van der Waals surface area contributed by atoms with E-state index in [0.29, 0.717) is 39.0 Å². The van der Waals surface area contributed by atoms with Gasteiger partial charge in [0.15, 0.2) is 0 Å². The minimum Gasteiger partial charge on any atom is -0.388 e. The summed E-state index contributed by atoms with van der Waals surface area (Å²) in [7, 11) is -1.81. The molecule has 0 aliphatic carbocycles. The number of nitrogens with zero attached hydrogens (tertiary/aromatic N) is 1. The summed E-state index contributed by atoms with van der Waals surface area (Å²) in [4.78, 5) is 0. The van der Waals surface area contributed by atoms with Gasteiger partial charge in [0, 0.05) is 39.6 Å². The quantitative estimate of drug-likeness (QED) is 0.652. The first-order valence-corrected chi connectivity index (χ1v) is 7.45. The van der Waals surface area contributed by atoms with Crippen molar-refractivity contribution in [3.05, 3.63) is 0 Å². The maximum atomic E-state index is 11.8. The number of nitrogens with two attached hydrogens (primary N) is 1. The van der Waals surface area contributed by atoms with Crippen molar-refractivity contribution in [2.45, 2.75) is 24.9 Å². The molecule has 1 rings (SSSR count). The van der Waals surface area contributed by atoms with E-state index in [9.17, 15) is 13.5 Å².